The number of primary amides is 1. The molecule has 0 aromatic rings. The van der Waals surface area contributed by atoms with Gasteiger partial charge >= 0.3 is 6.03 Å². The van der Waals surface area contributed by atoms with Crippen LogP contribution >= 0.6 is 0 Å². The first kappa shape index (κ1) is 35.2. The first-order valence-electron chi connectivity index (χ1n) is 13.6. The van der Waals surface area contributed by atoms with E-state index in [0.29, 0.717) is 25.9 Å². The van der Waals surface area contributed by atoms with Crippen LogP contribution in [0, 0.1) is 5.92 Å². The minimum absolute atomic E-state index is 0.00546. The number of hydrogen-bond acceptors (Lipinski definition) is 9. The largest absolute Gasteiger partial charge is 0.379 e. The maximum atomic E-state index is 12.8. The summed E-state index contributed by atoms with van der Waals surface area (Å²) >= 11 is 0. The summed E-state index contributed by atoms with van der Waals surface area (Å²) in [5, 5.41) is 13.6. The average molecular weight is 582 g/mol. The van der Waals surface area contributed by atoms with Crippen molar-refractivity contribution in [3.05, 3.63) is 12.2 Å². The number of carbonyl (C=O) groups excluding carboxylic acids is 7. The molecular formula is C26H43N7O8. The number of urea groups is 1. The van der Waals surface area contributed by atoms with Gasteiger partial charge in [-0.25, -0.2) is 4.79 Å². The van der Waals surface area contributed by atoms with Crippen molar-refractivity contribution >= 4 is 41.4 Å². The Bertz CT molecular complexity index is 951. The molecule has 0 bridgehead atoms. The van der Waals surface area contributed by atoms with Gasteiger partial charge in [-0.1, -0.05) is 13.8 Å². The summed E-state index contributed by atoms with van der Waals surface area (Å²) in [6.07, 6.45) is 3.25. The number of rotatable bonds is 21. The number of ketones is 1. The molecule has 2 atom stereocenters. The van der Waals surface area contributed by atoms with Crippen molar-refractivity contribution in [3.8, 4) is 0 Å². The zero-order valence-electron chi connectivity index (χ0n) is 24.0. The predicted octanol–water partition coefficient (Wildman–Crippen LogP) is -1.92. The van der Waals surface area contributed by atoms with Gasteiger partial charge in [0.2, 0.25) is 17.7 Å². The van der Waals surface area contributed by atoms with E-state index in [1.165, 1.54) is 6.92 Å². The lowest BCUT2D eigenvalue weighted by atomic mass is 10.0. The molecule has 0 saturated heterocycles. The van der Waals surface area contributed by atoms with Crippen molar-refractivity contribution < 1.29 is 38.3 Å². The quantitative estimate of drug-likeness (QED) is 0.0656. The number of amides is 7. The van der Waals surface area contributed by atoms with Gasteiger partial charge < -0.3 is 37.1 Å². The Balaban J connectivity index is 2.19. The zero-order chi connectivity index (χ0) is 30.8. The van der Waals surface area contributed by atoms with Crippen molar-refractivity contribution in [2.24, 2.45) is 11.7 Å². The Hall–Kier alpha value is -3.85. The van der Waals surface area contributed by atoms with E-state index in [0.717, 1.165) is 17.1 Å². The molecule has 0 radical (unpaired) electrons. The van der Waals surface area contributed by atoms with Crippen molar-refractivity contribution in [2.45, 2.75) is 58.5 Å². The minimum Gasteiger partial charge on any atom is -0.379 e. The maximum Gasteiger partial charge on any atom is 0.312 e. The molecule has 1 aliphatic rings. The van der Waals surface area contributed by atoms with Crippen molar-refractivity contribution in [1.82, 2.24) is 31.5 Å². The van der Waals surface area contributed by atoms with Crippen LogP contribution in [0.15, 0.2) is 12.2 Å². The van der Waals surface area contributed by atoms with Crippen LogP contribution in [-0.2, 0) is 33.5 Å². The fourth-order valence-electron chi connectivity index (χ4n) is 3.79. The fourth-order valence-corrected chi connectivity index (χ4v) is 3.79. The van der Waals surface area contributed by atoms with Crippen LogP contribution < -0.4 is 32.3 Å². The molecule has 0 unspecified atom stereocenters. The lowest BCUT2D eigenvalue weighted by Gasteiger charge is -2.25. The third kappa shape index (κ3) is 14.9. The summed E-state index contributed by atoms with van der Waals surface area (Å²) < 4.78 is 5.35. The second-order valence-electron chi connectivity index (χ2n) is 9.75. The topological polar surface area (TPSA) is 218 Å². The molecule has 1 aliphatic heterocycles. The lowest BCUT2D eigenvalue weighted by molar-refractivity contribution is -0.137. The van der Waals surface area contributed by atoms with Gasteiger partial charge in [0, 0.05) is 57.7 Å². The van der Waals surface area contributed by atoms with E-state index in [4.69, 9.17) is 10.5 Å². The highest BCUT2D eigenvalue weighted by molar-refractivity contribution is 6.13. The molecule has 230 valence electrons. The number of hydrogen-bond donors (Lipinski definition) is 6. The molecule has 7 N–H and O–H groups in total. The molecule has 0 aromatic heterocycles. The lowest BCUT2D eigenvalue weighted by Crippen LogP contribution is -2.53. The molecule has 7 amide bonds. The third-order valence-electron chi connectivity index (χ3n) is 6.04. The van der Waals surface area contributed by atoms with Gasteiger partial charge in [-0.2, -0.15) is 0 Å². The molecule has 0 aromatic carbocycles. The summed E-state index contributed by atoms with van der Waals surface area (Å²) in [5.41, 5.74) is 5.02. The molecule has 0 spiro atoms. The molecule has 1 rings (SSSR count). The van der Waals surface area contributed by atoms with Crippen LogP contribution in [0.25, 0.3) is 0 Å². The highest BCUT2D eigenvalue weighted by atomic mass is 16.5. The standard InChI is InChI=1S/C26H43N7O8/c1-17(2)24(25(39)32-19(18(3)34)5-4-10-31-26(27)40)30-12-11-28-21(36)9-15-41-16-13-29-20(35)8-14-33-22(37)6-7-23(33)38/h6-7,17,19,24,30H,4-5,8-16H2,1-3H3,(H,28,36)(H,29,35)(H,32,39)(H3,27,31,40)/t19-,24-/m0/s1. The SMILES string of the molecule is CC(=O)[C@H](CCCNC(N)=O)NC(=O)[C@@H](NCCNC(=O)CCOCCNC(=O)CCN1C(=O)C=CC1=O)C(C)C. The van der Waals surface area contributed by atoms with Gasteiger partial charge in [-0.3, -0.25) is 33.7 Å². The normalized spacial score (nSPS) is 14.1. The maximum absolute atomic E-state index is 12.8. The van der Waals surface area contributed by atoms with Gasteiger partial charge in [0.1, 0.15) is 0 Å². The summed E-state index contributed by atoms with van der Waals surface area (Å²) in [7, 11) is 0. The van der Waals surface area contributed by atoms with Crippen molar-refractivity contribution in [2.75, 3.05) is 45.9 Å². The molecule has 15 nitrogen and oxygen atoms in total. The predicted molar refractivity (Wildman–Crippen MR) is 148 cm³/mol. The highest BCUT2D eigenvalue weighted by Crippen LogP contribution is 2.05. The molecular weight excluding hydrogens is 538 g/mol. The molecule has 1 heterocycles. The number of nitrogens with one attached hydrogen (secondary N) is 5. The van der Waals surface area contributed by atoms with Crippen molar-refractivity contribution in [3.63, 3.8) is 0 Å². The average Bonchev–Trinajstić information content (AvgIpc) is 3.22. The van der Waals surface area contributed by atoms with Crippen LogP contribution in [0.3, 0.4) is 0 Å². The van der Waals surface area contributed by atoms with Crippen LogP contribution in [0.2, 0.25) is 0 Å². The van der Waals surface area contributed by atoms with Crippen LogP contribution in [0.5, 0.6) is 0 Å². The van der Waals surface area contributed by atoms with E-state index >= 15 is 0 Å². The van der Waals surface area contributed by atoms with Gasteiger partial charge in [-0.15, -0.1) is 0 Å². The number of carbonyl (C=O) groups is 7. The van der Waals surface area contributed by atoms with Gasteiger partial charge in [0.05, 0.1) is 25.3 Å². The first-order chi connectivity index (χ1) is 19.4. The van der Waals surface area contributed by atoms with E-state index < -0.39 is 29.9 Å². The Kier molecular flexibility index (Phi) is 16.5. The number of nitrogens with two attached hydrogens (primary N) is 1. The molecule has 15 heteroatoms. The molecule has 0 aliphatic carbocycles. The van der Waals surface area contributed by atoms with E-state index in [9.17, 15) is 33.6 Å². The number of nitrogens with zero attached hydrogens (tertiary/aromatic N) is 1. The van der Waals surface area contributed by atoms with E-state index in [2.05, 4.69) is 26.6 Å². The Morgan fingerprint density at radius 2 is 1.51 bits per heavy atom. The van der Waals surface area contributed by atoms with Gasteiger partial charge in [0.25, 0.3) is 11.8 Å². The Labute approximate surface area is 239 Å². The Morgan fingerprint density at radius 1 is 0.878 bits per heavy atom. The zero-order valence-corrected chi connectivity index (χ0v) is 24.0. The van der Waals surface area contributed by atoms with E-state index in [-0.39, 0.29) is 75.1 Å². The van der Waals surface area contributed by atoms with Crippen LogP contribution in [0.1, 0.15) is 46.5 Å². The summed E-state index contributed by atoms with van der Waals surface area (Å²) in [6, 6.07) is -1.91. The summed E-state index contributed by atoms with van der Waals surface area (Å²) in [6.45, 7) is 6.59. The number of ether oxygens (including phenoxy) is 1. The second-order valence-corrected chi connectivity index (χ2v) is 9.75. The summed E-state index contributed by atoms with van der Waals surface area (Å²) in [5.74, 6) is -2.04. The Morgan fingerprint density at radius 3 is 2.12 bits per heavy atom. The number of Topliss-reactive ketones (excluding diaryl/α,β-unsaturated/α-hetero) is 1. The van der Waals surface area contributed by atoms with Gasteiger partial charge in [-0.05, 0) is 25.7 Å². The molecule has 0 fully saturated rings. The van der Waals surface area contributed by atoms with E-state index in [1.54, 1.807) is 0 Å². The van der Waals surface area contributed by atoms with Crippen LogP contribution in [0.4, 0.5) is 4.79 Å². The van der Waals surface area contributed by atoms with E-state index in [1.807, 2.05) is 13.8 Å². The second kappa shape index (κ2) is 19.3. The monoisotopic (exact) mass is 581 g/mol. The molecule has 41 heavy (non-hydrogen) atoms. The highest BCUT2D eigenvalue weighted by Gasteiger charge is 2.26. The minimum atomic E-state index is -0.683. The van der Waals surface area contributed by atoms with Crippen LogP contribution in [-0.4, -0.2) is 104 Å². The third-order valence-corrected chi connectivity index (χ3v) is 6.04. The smallest absolute Gasteiger partial charge is 0.312 e. The molecule has 0 saturated carbocycles. The first-order valence-corrected chi connectivity index (χ1v) is 13.6. The van der Waals surface area contributed by atoms with Gasteiger partial charge in [0.15, 0.2) is 5.78 Å². The fraction of sp³-hybridized carbons (Fsp3) is 0.654. The summed E-state index contributed by atoms with van der Waals surface area (Å²) in [4.78, 5) is 83.3. The van der Waals surface area contributed by atoms with Crippen molar-refractivity contribution in [1.29, 1.82) is 0 Å². The number of imide groups is 1.